The number of H-pyrrole nitrogens is 1. The van der Waals surface area contributed by atoms with Gasteiger partial charge < -0.3 is 10.3 Å². The molecule has 2 heterocycles. The summed E-state index contributed by atoms with van der Waals surface area (Å²) < 4.78 is 0.521. The van der Waals surface area contributed by atoms with E-state index < -0.39 is 0 Å². The van der Waals surface area contributed by atoms with Gasteiger partial charge in [-0.25, -0.2) is 4.98 Å². The van der Waals surface area contributed by atoms with Crippen molar-refractivity contribution in [1.82, 2.24) is 15.0 Å². The molecule has 0 bridgehead atoms. The van der Waals surface area contributed by atoms with Gasteiger partial charge in [-0.05, 0) is 34.7 Å². The van der Waals surface area contributed by atoms with Gasteiger partial charge in [0.2, 0.25) is 0 Å². The fourth-order valence-corrected chi connectivity index (χ4v) is 2.23. The lowest BCUT2D eigenvalue weighted by Crippen LogP contribution is -2.13. The molecule has 0 aliphatic carbocycles. The van der Waals surface area contributed by atoms with Crippen molar-refractivity contribution in [2.24, 2.45) is 0 Å². The Morgan fingerprint density at radius 1 is 1.16 bits per heavy atom. The minimum atomic E-state index is -0.161. The molecule has 2 N–H and O–H groups in total. The highest BCUT2D eigenvalue weighted by Gasteiger charge is 2.07. The van der Waals surface area contributed by atoms with Gasteiger partial charge in [-0.2, -0.15) is 0 Å². The largest absolute Gasteiger partial charge is 0.337 e. The van der Waals surface area contributed by atoms with Crippen molar-refractivity contribution < 1.29 is 0 Å². The van der Waals surface area contributed by atoms with Gasteiger partial charge in [0.1, 0.15) is 3.57 Å². The van der Waals surface area contributed by atoms with E-state index in [1.54, 1.807) is 6.20 Å². The molecule has 0 aliphatic heterocycles. The summed E-state index contributed by atoms with van der Waals surface area (Å²) in [6, 6.07) is 9.72. The summed E-state index contributed by atoms with van der Waals surface area (Å²) in [6.45, 7) is 0. The van der Waals surface area contributed by atoms with Gasteiger partial charge in [0.25, 0.3) is 5.56 Å². The normalized spacial score (nSPS) is 10.6. The lowest BCUT2D eigenvalue weighted by atomic mass is 10.2. The van der Waals surface area contributed by atoms with Crippen LogP contribution in [0, 0.1) is 3.57 Å². The fourth-order valence-electron chi connectivity index (χ4n) is 1.80. The zero-order valence-corrected chi connectivity index (χ0v) is 11.9. The molecule has 6 heteroatoms. The number of rotatable bonds is 2. The second-order valence-electron chi connectivity index (χ2n) is 3.90. The highest BCUT2D eigenvalue weighted by molar-refractivity contribution is 14.1. The Kier molecular flexibility index (Phi) is 3.16. The molecular formula is C13H9IN4O. The lowest BCUT2D eigenvalue weighted by molar-refractivity contribution is 1.10. The molecule has 0 saturated carbocycles. The number of fused-ring (bicyclic) bond motifs is 1. The van der Waals surface area contributed by atoms with Crippen molar-refractivity contribution >= 4 is 45.0 Å². The first kappa shape index (κ1) is 12.1. The summed E-state index contributed by atoms with van der Waals surface area (Å²) in [4.78, 5) is 22.6. The van der Waals surface area contributed by atoms with Crippen LogP contribution in [0.15, 0.2) is 47.7 Å². The maximum Gasteiger partial charge on any atom is 0.266 e. The Morgan fingerprint density at radius 2 is 2.00 bits per heavy atom. The number of nitrogens with one attached hydrogen (secondary N) is 2. The number of benzene rings is 1. The number of aromatic nitrogens is 3. The molecule has 0 amide bonds. The van der Waals surface area contributed by atoms with Crippen molar-refractivity contribution in [3.8, 4) is 0 Å². The average molecular weight is 364 g/mol. The van der Waals surface area contributed by atoms with Gasteiger partial charge in [-0.1, -0.05) is 18.2 Å². The molecule has 3 aromatic rings. The molecule has 5 nitrogen and oxygen atoms in total. The summed E-state index contributed by atoms with van der Waals surface area (Å²) in [5.74, 6) is 0.530. The zero-order chi connectivity index (χ0) is 13.2. The quantitative estimate of drug-likeness (QED) is 0.686. The molecular weight excluding hydrogens is 355 g/mol. The van der Waals surface area contributed by atoms with Crippen molar-refractivity contribution in [3.05, 3.63) is 56.8 Å². The fraction of sp³-hybridized carbons (Fsp3) is 0. The van der Waals surface area contributed by atoms with E-state index in [9.17, 15) is 4.79 Å². The molecule has 0 atom stereocenters. The third-order valence-electron chi connectivity index (χ3n) is 2.68. The van der Waals surface area contributed by atoms with Crippen LogP contribution in [0.3, 0.4) is 0 Å². The minimum Gasteiger partial charge on any atom is -0.337 e. The van der Waals surface area contributed by atoms with Crippen molar-refractivity contribution in [3.63, 3.8) is 0 Å². The van der Waals surface area contributed by atoms with Gasteiger partial charge in [0, 0.05) is 11.6 Å². The first-order valence-corrected chi connectivity index (χ1v) is 6.67. The van der Waals surface area contributed by atoms with Crippen molar-refractivity contribution in [2.45, 2.75) is 0 Å². The van der Waals surface area contributed by atoms with Crippen molar-refractivity contribution in [1.29, 1.82) is 0 Å². The SMILES string of the molecule is O=c1[nH]cnc(Nc2cccc3cccnc23)c1I. The third-order valence-corrected chi connectivity index (χ3v) is 3.68. The number of halogens is 1. The number of nitrogens with zero attached hydrogens (tertiary/aromatic N) is 2. The van der Waals surface area contributed by atoms with Gasteiger partial charge >= 0.3 is 0 Å². The van der Waals surface area contributed by atoms with Gasteiger partial charge in [0.05, 0.1) is 17.5 Å². The summed E-state index contributed by atoms with van der Waals surface area (Å²) in [7, 11) is 0. The van der Waals surface area contributed by atoms with E-state index >= 15 is 0 Å². The van der Waals surface area contributed by atoms with E-state index in [1.807, 2.05) is 52.9 Å². The van der Waals surface area contributed by atoms with Gasteiger partial charge in [-0.15, -0.1) is 0 Å². The van der Waals surface area contributed by atoms with Crippen LogP contribution < -0.4 is 10.9 Å². The molecule has 0 aliphatic rings. The molecule has 0 saturated heterocycles. The van der Waals surface area contributed by atoms with Crippen LogP contribution in [-0.2, 0) is 0 Å². The predicted molar refractivity (Wildman–Crippen MR) is 82.6 cm³/mol. The molecule has 19 heavy (non-hydrogen) atoms. The summed E-state index contributed by atoms with van der Waals surface area (Å²) in [6.07, 6.45) is 3.12. The summed E-state index contributed by atoms with van der Waals surface area (Å²) in [5.41, 5.74) is 1.52. The maximum atomic E-state index is 11.5. The van der Waals surface area contributed by atoms with Gasteiger partial charge in [-0.3, -0.25) is 9.78 Å². The first-order chi connectivity index (χ1) is 9.25. The Morgan fingerprint density at radius 3 is 2.89 bits per heavy atom. The molecule has 2 aromatic heterocycles. The number of pyridine rings is 1. The molecule has 0 unspecified atom stereocenters. The van der Waals surface area contributed by atoms with E-state index in [1.165, 1.54) is 6.33 Å². The van der Waals surface area contributed by atoms with E-state index in [2.05, 4.69) is 20.3 Å². The third kappa shape index (κ3) is 2.30. The number of hydrogen-bond donors (Lipinski definition) is 2. The van der Waals surface area contributed by atoms with Gasteiger partial charge in [0.15, 0.2) is 5.82 Å². The second kappa shape index (κ2) is 4.96. The molecule has 0 radical (unpaired) electrons. The van der Waals surface area contributed by atoms with E-state index in [0.717, 1.165) is 16.6 Å². The molecule has 0 fully saturated rings. The molecule has 94 valence electrons. The number of para-hydroxylation sites is 1. The topological polar surface area (TPSA) is 70.7 Å². The van der Waals surface area contributed by atoms with Crippen LogP contribution in [0.2, 0.25) is 0 Å². The average Bonchev–Trinajstić information content (AvgIpc) is 2.44. The smallest absolute Gasteiger partial charge is 0.266 e. The Hall–Kier alpha value is -1.96. The van der Waals surface area contributed by atoms with E-state index in [4.69, 9.17) is 0 Å². The second-order valence-corrected chi connectivity index (χ2v) is 4.98. The molecule has 0 spiro atoms. The number of anilines is 2. The monoisotopic (exact) mass is 364 g/mol. The van der Waals surface area contributed by atoms with Crippen LogP contribution >= 0.6 is 22.6 Å². The Balaban J connectivity index is 2.11. The highest BCUT2D eigenvalue weighted by atomic mass is 127. The Bertz CT molecular complexity index is 795. The van der Waals surface area contributed by atoms with Crippen LogP contribution in [-0.4, -0.2) is 15.0 Å². The first-order valence-electron chi connectivity index (χ1n) is 5.59. The number of aromatic amines is 1. The highest BCUT2D eigenvalue weighted by Crippen LogP contribution is 2.24. The maximum absolute atomic E-state index is 11.5. The predicted octanol–water partition coefficient (Wildman–Crippen LogP) is 2.67. The summed E-state index contributed by atoms with van der Waals surface area (Å²) in [5, 5.41) is 4.19. The van der Waals surface area contributed by atoms with Crippen LogP contribution in [0.4, 0.5) is 11.5 Å². The summed E-state index contributed by atoms with van der Waals surface area (Å²) >= 11 is 1.97. The van der Waals surface area contributed by atoms with Crippen molar-refractivity contribution in [2.75, 3.05) is 5.32 Å². The van der Waals surface area contributed by atoms with E-state index in [-0.39, 0.29) is 5.56 Å². The van der Waals surface area contributed by atoms with Crippen LogP contribution in [0.25, 0.3) is 10.9 Å². The van der Waals surface area contributed by atoms with Crippen LogP contribution in [0.1, 0.15) is 0 Å². The minimum absolute atomic E-state index is 0.161. The number of hydrogen-bond acceptors (Lipinski definition) is 4. The van der Waals surface area contributed by atoms with E-state index in [0.29, 0.717) is 9.39 Å². The Labute approximate surface area is 122 Å². The lowest BCUT2D eigenvalue weighted by Gasteiger charge is -2.08. The molecule has 3 rings (SSSR count). The standard InChI is InChI=1S/C13H9IN4O/c14-10-12(16-7-17-13(10)19)18-9-5-1-3-8-4-2-6-15-11(8)9/h1-7H,(H2,16,17,18,19). The zero-order valence-electron chi connectivity index (χ0n) is 9.72. The van der Waals surface area contributed by atoms with Crippen LogP contribution in [0.5, 0.6) is 0 Å². The molecule has 1 aromatic carbocycles.